The molecular weight excluding hydrogens is 454 g/mol. The number of benzene rings is 2. The van der Waals surface area contributed by atoms with E-state index in [4.69, 9.17) is 14.2 Å². The number of anilines is 2. The Morgan fingerprint density at radius 1 is 1.03 bits per heavy atom. The van der Waals surface area contributed by atoms with E-state index in [0.29, 0.717) is 48.8 Å². The first kappa shape index (κ1) is 22.5. The van der Waals surface area contributed by atoms with Crippen LogP contribution in [0.3, 0.4) is 0 Å². The Morgan fingerprint density at radius 3 is 2.59 bits per heavy atom. The average Bonchev–Trinajstić information content (AvgIpc) is 3.28. The maximum absolute atomic E-state index is 13.0. The normalized spacial score (nSPS) is 16.2. The molecule has 5 rings (SSSR count). The van der Waals surface area contributed by atoms with Crippen molar-refractivity contribution in [1.82, 2.24) is 14.8 Å². The lowest BCUT2D eigenvalue weighted by Gasteiger charge is -2.28. The largest absolute Gasteiger partial charge is 0.486 e. The van der Waals surface area contributed by atoms with Gasteiger partial charge in [0.1, 0.15) is 13.2 Å². The highest BCUT2D eigenvalue weighted by Crippen LogP contribution is 2.34. The van der Waals surface area contributed by atoms with Crippen LogP contribution in [0.15, 0.2) is 47.6 Å². The number of hydrogen-bond donors (Lipinski definition) is 1. The SMILES string of the molecule is Cc1ccccc1-n1c(S[C@@H](C)C(=O)Nc2ccc3c(c2)OCCO3)nnc1N1CCOCC1. The monoisotopic (exact) mass is 481 g/mol. The Hall–Kier alpha value is -3.24. The Kier molecular flexibility index (Phi) is 6.59. The molecule has 1 atom stereocenters. The molecule has 1 aromatic heterocycles. The minimum absolute atomic E-state index is 0.131. The molecule has 9 nitrogen and oxygen atoms in total. The van der Waals surface area contributed by atoms with Gasteiger partial charge in [0.15, 0.2) is 16.7 Å². The van der Waals surface area contributed by atoms with E-state index in [1.54, 1.807) is 6.07 Å². The summed E-state index contributed by atoms with van der Waals surface area (Å²) in [6, 6.07) is 13.5. The zero-order valence-corrected chi connectivity index (χ0v) is 20.0. The molecule has 1 N–H and O–H groups in total. The summed E-state index contributed by atoms with van der Waals surface area (Å²) in [6.07, 6.45) is 0. The lowest BCUT2D eigenvalue weighted by atomic mass is 10.2. The van der Waals surface area contributed by atoms with E-state index in [1.165, 1.54) is 11.8 Å². The molecule has 2 aliphatic heterocycles. The highest BCUT2D eigenvalue weighted by molar-refractivity contribution is 8.00. The van der Waals surface area contributed by atoms with Crippen molar-refractivity contribution in [2.45, 2.75) is 24.3 Å². The van der Waals surface area contributed by atoms with Gasteiger partial charge in [0, 0.05) is 24.8 Å². The van der Waals surface area contributed by atoms with Gasteiger partial charge in [0.05, 0.1) is 24.2 Å². The van der Waals surface area contributed by atoms with Gasteiger partial charge in [0.25, 0.3) is 0 Å². The Bertz CT molecular complexity index is 1180. The number of rotatable bonds is 6. The molecule has 34 heavy (non-hydrogen) atoms. The molecule has 0 saturated carbocycles. The summed E-state index contributed by atoms with van der Waals surface area (Å²) in [5.74, 6) is 1.96. The molecule has 0 radical (unpaired) electrons. The number of aryl methyl sites for hydroxylation is 1. The quantitative estimate of drug-likeness (QED) is 0.537. The number of carbonyl (C=O) groups is 1. The minimum atomic E-state index is -0.405. The summed E-state index contributed by atoms with van der Waals surface area (Å²) >= 11 is 1.38. The maximum Gasteiger partial charge on any atom is 0.237 e. The fraction of sp³-hybridized carbons (Fsp3) is 0.375. The van der Waals surface area contributed by atoms with Crippen molar-refractivity contribution in [2.75, 3.05) is 49.7 Å². The molecule has 1 fully saturated rings. The fourth-order valence-electron chi connectivity index (χ4n) is 3.91. The summed E-state index contributed by atoms with van der Waals surface area (Å²) in [7, 11) is 0. The molecule has 0 aliphatic carbocycles. The maximum atomic E-state index is 13.0. The summed E-state index contributed by atoms with van der Waals surface area (Å²) < 4.78 is 18.7. The molecule has 0 unspecified atom stereocenters. The summed E-state index contributed by atoms with van der Waals surface area (Å²) in [6.45, 7) is 7.74. The molecule has 0 bridgehead atoms. The molecule has 0 spiro atoms. The number of nitrogens with one attached hydrogen (secondary N) is 1. The van der Waals surface area contributed by atoms with E-state index in [0.717, 1.165) is 30.3 Å². The number of morpholine rings is 1. The van der Waals surface area contributed by atoms with Crippen molar-refractivity contribution in [3.05, 3.63) is 48.0 Å². The van der Waals surface area contributed by atoms with Gasteiger partial charge in [-0.25, -0.2) is 0 Å². The number of ether oxygens (including phenoxy) is 3. The van der Waals surface area contributed by atoms with Gasteiger partial charge < -0.3 is 24.4 Å². The minimum Gasteiger partial charge on any atom is -0.486 e. The molecule has 178 valence electrons. The summed E-state index contributed by atoms with van der Waals surface area (Å²) in [5, 5.41) is 12.2. The topological polar surface area (TPSA) is 90.7 Å². The van der Waals surface area contributed by atoms with E-state index < -0.39 is 5.25 Å². The zero-order chi connectivity index (χ0) is 23.5. The summed E-state index contributed by atoms with van der Waals surface area (Å²) in [4.78, 5) is 15.2. The molecule has 10 heteroatoms. The van der Waals surface area contributed by atoms with Crippen molar-refractivity contribution < 1.29 is 19.0 Å². The second kappa shape index (κ2) is 9.94. The number of nitrogens with zero attached hydrogens (tertiary/aromatic N) is 4. The first-order valence-electron chi connectivity index (χ1n) is 11.3. The predicted octanol–water partition coefficient (Wildman–Crippen LogP) is 3.30. The van der Waals surface area contributed by atoms with Gasteiger partial charge in [-0.3, -0.25) is 9.36 Å². The second-order valence-electron chi connectivity index (χ2n) is 8.11. The van der Waals surface area contributed by atoms with E-state index in [-0.39, 0.29) is 5.91 Å². The molecule has 1 saturated heterocycles. The Balaban J connectivity index is 1.37. The van der Waals surface area contributed by atoms with Gasteiger partial charge in [-0.15, -0.1) is 10.2 Å². The van der Waals surface area contributed by atoms with Crippen LogP contribution in [-0.4, -0.2) is 65.4 Å². The lowest BCUT2D eigenvalue weighted by molar-refractivity contribution is -0.115. The van der Waals surface area contributed by atoms with Crippen molar-refractivity contribution >= 4 is 29.3 Å². The molecule has 2 aromatic carbocycles. The standard InChI is InChI=1S/C24H27N5O4S/c1-16-5-3-4-6-19(16)29-23(28-9-11-31-12-10-28)26-27-24(29)34-17(2)22(30)25-18-7-8-20-21(15-18)33-14-13-32-20/h3-8,15,17H,9-14H2,1-2H3,(H,25,30)/t17-/m0/s1. The Morgan fingerprint density at radius 2 is 1.79 bits per heavy atom. The van der Waals surface area contributed by atoms with Crippen molar-refractivity contribution in [3.8, 4) is 17.2 Å². The number of fused-ring (bicyclic) bond motifs is 1. The Labute approximate surface area is 202 Å². The average molecular weight is 482 g/mol. The number of para-hydroxylation sites is 1. The van der Waals surface area contributed by atoms with Crippen LogP contribution in [0.2, 0.25) is 0 Å². The fourth-order valence-corrected chi connectivity index (χ4v) is 4.76. The zero-order valence-electron chi connectivity index (χ0n) is 19.2. The third-order valence-corrected chi connectivity index (χ3v) is 6.77. The smallest absolute Gasteiger partial charge is 0.237 e. The van der Waals surface area contributed by atoms with Crippen molar-refractivity contribution in [2.24, 2.45) is 0 Å². The molecule has 3 aromatic rings. The molecular formula is C24H27N5O4S. The van der Waals surface area contributed by atoms with Crippen LogP contribution in [0.25, 0.3) is 5.69 Å². The highest BCUT2D eigenvalue weighted by Gasteiger charge is 2.26. The van der Waals surface area contributed by atoms with Gasteiger partial charge in [-0.05, 0) is 37.6 Å². The third-order valence-electron chi connectivity index (χ3n) is 5.73. The van der Waals surface area contributed by atoms with E-state index >= 15 is 0 Å². The number of amides is 1. The summed E-state index contributed by atoms with van der Waals surface area (Å²) in [5.41, 5.74) is 2.76. The van der Waals surface area contributed by atoms with Crippen LogP contribution in [0.5, 0.6) is 11.5 Å². The van der Waals surface area contributed by atoms with Gasteiger partial charge >= 0.3 is 0 Å². The number of thioether (sulfide) groups is 1. The van der Waals surface area contributed by atoms with Gasteiger partial charge in [-0.2, -0.15) is 0 Å². The van der Waals surface area contributed by atoms with Gasteiger partial charge in [-0.1, -0.05) is 30.0 Å². The number of hydrogen-bond acceptors (Lipinski definition) is 8. The first-order chi connectivity index (χ1) is 16.6. The van der Waals surface area contributed by atoms with Crippen LogP contribution in [0, 0.1) is 6.92 Å². The number of carbonyl (C=O) groups excluding carboxylic acids is 1. The van der Waals surface area contributed by atoms with Crippen LogP contribution in [-0.2, 0) is 9.53 Å². The second-order valence-corrected chi connectivity index (χ2v) is 9.42. The molecule has 3 heterocycles. The van der Waals surface area contributed by atoms with Gasteiger partial charge in [0.2, 0.25) is 11.9 Å². The molecule has 2 aliphatic rings. The van der Waals surface area contributed by atoms with E-state index in [2.05, 4.69) is 33.4 Å². The highest BCUT2D eigenvalue weighted by atomic mass is 32.2. The van der Waals surface area contributed by atoms with Crippen molar-refractivity contribution in [3.63, 3.8) is 0 Å². The van der Waals surface area contributed by atoms with Crippen LogP contribution < -0.4 is 19.7 Å². The van der Waals surface area contributed by atoms with Crippen LogP contribution in [0.1, 0.15) is 12.5 Å². The van der Waals surface area contributed by atoms with Crippen LogP contribution >= 0.6 is 11.8 Å². The van der Waals surface area contributed by atoms with Crippen LogP contribution in [0.4, 0.5) is 11.6 Å². The first-order valence-corrected chi connectivity index (χ1v) is 12.2. The third kappa shape index (κ3) is 4.69. The van der Waals surface area contributed by atoms with E-state index in [9.17, 15) is 4.79 Å². The number of aromatic nitrogens is 3. The molecule has 1 amide bonds. The van der Waals surface area contributed by atoms with E-state index in [1.807, 2.05) is 41.8 Å². The van der Waals surface area contributed by atoms with Crippen molar-refractivity contribution in [1.29, 1.82) is 0 Å². The predicted molar refractivity (Wildman–Crippen MR) is 131 cm³/mol. The lowest BCUT2D eigenvalue weighted by Crippen LogP contribution is -2.38.